The molecule has 0 spiro atoms. The van der Waals surface area contributed by atoms with Crippen molar-refractivity contribution in [3.8, 4) is 0 Å². The average Bonchev–Trinajstić information content (AvgIpc) is 2.15. The number of benzene rings is 1. The number of hydrogen-bond acceptors (Lipinski definition) is 3. The largest absolute Gasteiger partial charge is 0.397 e. The van der Waals surface area contributed by atoms with Crippen LogP contribution >= 0.6 is 0 Å². The van der Waals surface area contributed by atoms with Crippen molar-refractivity contribution in [1.29, 1.82) is 0 Å². The summed E-state index contributed by atoms with van der Waals surface area (Å²) in [4.78, 5) is 1.98. The van der Waals surface area contributed by atoms with E-state index in [-0.39, 0.29) is 12.6 Å². The van der Waals surface area contributed by atoms with E-state index in [1.165, 1.54) is 0 Å². The van der Waals surface area contributed by atoms with Crippen LogP contribution in [-0.2, 0) is 0 Å². The molecule has 0 radical (unpaired) electrons. The fraction of sp³-hybridized carbons (Fsp3) is 0.455. The maximum atomic E-state index is 9.03. The zero-order valence-electron chi connectivity index (χ0n) is 8.99. The summed E-state index contributed by atoms with van der Waals surface area (Å²) in [5, 5.41) is 9.03. The van der Waals surface area contributed by atoms with E-state index in [2.05, 4.69) is 0 Å². The summed E-state index contributed by atoms with van der Waals surface area (Å²) < 4.78 is 0. The Kier molecular flexibility index (Phi) is 3.36. The molecule has 14 heavy (non-hydrogen) atoms. The molecule has 78 valence electrons. The van der Waals surface area contributed by atoms with Gasteiger partial charge in [0.25, 0.3) is 0 Å². The summed E-state index contributed by atoms with van der Waals surface area (Å²) in [5.41, 5.74) is 8.77. The predicted octanol–water partition coefficient (Wildman–Crippen LogP) is 1.39. The summed E-state index contributed by atoms with van der Waals surface area (Å²) >= 11 is 0. The van der Waals surface area contributed by atoms with Gasteiger partial charge in [0.2, 0.25) is 0 Å². The average molecular weight is 194 g/mol. The van der Waals surface area contributed by atoms with Gasteiger partial charge in [0.15, 0.2) is 0 Å². The maximum absolute atomic E-state index is 9.03. The van der Waals surface area contributed by atoms with Crippen LogP contribution in [0.3, 0.4) is 0 Å². The first-order valence-corrected chi connectivity index (χ1v) is 4.76. The minimum absolute atomic E-state index is 0.0833. The zero-order chi connectivity index (χ0) is 10.7. The lowest BCUT2D eigenvalue weighted by Gasteiger charge is -2.26. The molecule has 3 heteroatoms. The number of aliphatic hydroxyl groups is 1. The Labute approximate surface area is 85.2 Å². The zero-order valence-corrected chi connectivity index (χ0v) is 8.99. The third-order valence-electron chi connectivity index (χ3n) is 2.49. The number of aryl methyl sites for hydroxylation is 1. The van der Waals surface area contributed by atoms with Crippen LogP contribution in [0.25, 0.3) is 0 Å². The van der Waals surface area contributed by atoms with Gasteiger partial charge in [-0.05, 0) is 31.5 Å². The molecule has 3 N–H and O–H groups in total. The van der Waals surface area contributed by atoms with Crippen molar-refractivity contribution >= 4 is 11.4 Å². The highest BCUT2D eigenvalue weighted by Crippen LogP contribution is 2.24. The van der Waals surface area contributed by atoms with E-state index >= 15 is 0 Å². The molecule has 0 amide bonds. The molecule has 1 atom stereocenters. The molecule has 0 aliphatic heterocycles. The van der Waals surface area contributed by atoms with Crippen LogP contribution in [0.5, 0.6) is 0 Å². The Morgan fingerprint density at radius 3 is 2.64 bits per heavy atom. The maximum Gasteiger partial charge on any atom is 0.0632 e. The standard InChI is InChI=1S/C11H18N2O/c1-8-4-5-11(10(12)6-8)13(3)9(2)7-14/h4-6,9,14H,7,12H2,1-3H3. The first-order chi connectivity index (χ1) is 6.56. The first-order valence-electron chi connectivity index (χ1n) is 4.76. The van der Waals surface area contributed by atoms with Gasteiger partial charge in [-0.3, -0.25) is 0 Å². The summed E-state index contributed by atoms with van der Waals surface area (Å²) in [6.45, 7) is 4.10. The molecule has 0 aromatic heterocycles. The fourth-order valence-electron chi connectivity index (χ4n) is 1.36. The second-order valence-corrected chi connectivity index (χ2v) is 3.70. The van der Waals surface area contributed by atoms with Gasteiger partial charge in [-0.2, -0.15) is 0 Å². The van der Waals surface area contributed by atoms with Crippen LogP contribution in [-0.4, -0.2) is 24.8 Å². The Balaban J connectivity index is 2.95. The highest BCUT2D eigenvalue weighted by molar-refractivity contribution is 5.68. The van der Waals surface area contributed by atoms with Crippen LogP contribution in [0.4, 0.5) is 11.4 Å². The van der Waals surface area contributed by atoms with Crippen LogP contribution in [0.2, 0.25) is 0 Å². The van der Waals surface area contributed by atoms with Crippen molar-refractivity contribution in [2.75, 3.05) is 24.3 Å². The molecular formula is C11H18N2O. The van der Waals surface area contributed by atoms with Crippen LogP contribution < -0.4 is 10.6 Å². The van der Waals surface area contributed by atoms with Crippen molar-refractivity contribution < 1.29 is 5.11 Å². The molecular weight excluding hydrogens is 176 g/mol. The number of rotatable bonds is 3. The third kappa shape index (κ3) is 2.17. The molecule has 1 aromatic rings. The number of likely N-dealkylation sites (N-methyl/N-ethyl adjacent to an activating group) is 1. The Morgan fingerprint density at radius 1 is 1.50 bits per heavy atom. The monoisotopic (exact) mass is 194 g/mol. The molecule has 3 nitrogen and oxygen atoms in total. The molecule has 0 fully saturated rings. The second kappa shape index (κ2) is 4.33. The Hall–Kier alpha value is -1.22. The highest BCUT2D eigenvalue weighted by atomic mass is 16.3. The van der Waals surface area contributed by atoms with E-state index in [4.69, 9.17) is 10.8 Å². The minimum atomic E-state index is 0.0833. The van der Waals surface area contributed by atoms with Crippen LogP contribution in [0.15, 0.2) is 18.2 Å². The number of nitrogens with two attached hydrogens (primary N) is 1. The molecule has 0 aliphatic rings. The lowest BCUT2D eigenvalue weighted by atomic mass is 10.1. The quantitative estimate of drug-likeness (QED) is 0.715. The number of nitrogens with zero attached hydrogens (tertiary/aromatic N) is 1. The number of nitrogen functional groups attached to an aromatic ring is 1. The smallest absolute Gasteiger partial charge is 0.0632 e. The summed E-state index contributed by atoms with van der Waals surface area (Å²) in [6, 6.07) is 6.03. The van der Waals surface area contributed by atoms with Gasteiger partial charge in [-0.15, -0.1) is 0 Å². The van der Waals surface area contributed by atoms with Crippen LogP contribution in [0, 0.1) is 6.92 Å². The highest BCUT2D eigenvalue weighted by Gasteiger charge is 2.10. The van der Waals surface area contributed by atoms with E-state index in [0.717, 1.165) is 16.9 Å². The summed E-state index contributed by atoms with van der Waals surface area (Å²) in [6.07, 6.45) is 0. The SMILES string of the molecule is Cc1ccc(N(C)C(C)CO)c(N)c1. The van der Waals surface area contributed by atoms with Crippen LogP contribution in [0.1, 0.15) is 12.5 Å². The van der Waals surface area contributed by atoms with Gasteiger partial charge in [-0.25, -0.2) is 0 Å². The van der Waals surface area contributed by atoms with E-state index in [1.807, 2.05) is 44.0 Å². The van der Waals surface area contributed by atoms with E-state index in [1.54, 1.807) is 0 Å². The lowest BCUT2D eigenvalue weighted by molar-refractivity contribution is 0.270. The van der Waals surface area contributed by atoms with Gasteiger partial charge in [0.05, 0.1) is 18.0 Å². The normalized spacial score (nSPS) is 12.6. The molecule has 0 saturated carbocycles. The molecule has 1 unspecified atom stereocenters. The molecule has 1 rings (SSSR count). The molecule has 1 aromatic carbocycles. The number of aliphatic hydroxyl groups excluding tert-OH is 1. The van der Waals surface area contributed by atoms with Gasteiger partial charge < -0.3 is 15.7 Å². The van der Waals surface area contributed by atoms with Crippen molar-refractivity contribution in [3.63, 3.8) is 0 Å². The van der Waals surface area contributed by atoms with Gasteiger partial charge in [0.1, 0.15) is 0 Å². The molecule has 0 saturated heterocycles. The fourth-order valence-corrected chi connectivity index (χ4v) is 1.36. The summed E-state index contributed by atoms with van der Waals surface area (Å²) in [5.74, 6) is 0. The third-order valence-corrected chi connectivity index (χ3v) is 2.49. The van der Waals surface area contributed by atoms with Gasteiger partial charge in [-0.1, -0.05) is 6.07 Å². The Bertz CT molecular complexity index is 312. The molecule has 0 aliphatic carbocycles. The first kappa shape index (κ1) is 10.9. The number of hydrogen-bond donors (Lipinski definition) is 2. The van der Waals surface area contributed by atoms with E-state index in [9.17, 15) is 0 Å². The van der Waals surface area contributed by atoms with E-state index in [0.29, 0.717) is 0 Å². The minimum Gasteiger partial charge on any atom is -0.397 e. The Morgan fingerprint density at radius 2 is 2.14 bits per heavy atom. The molecule has 0 heterocycles. The van der Waals surface area contributed by atoms with Crippen molar-refractivity contribution in [2.45, 2.75) is 19.9 Å². The second-order valence-electron chi connectivity index (χ2n) is 3.70. The van der Waals surface area contributed by atoms with Crippen molar-refractivity contribution in [2.24, 2.45) is 0 Å². The summed E-state index contributed by atoms with van der Waals surface area (Å²) in [7, 11) is 1.93. The van der Waals surface area contributed by atoms with E-state index < -0.39 is 0 Å². The van der Waals surface area contributed by atoms with Gasteiger partial charge in [0, 0.05) is 13.1 Å². The topological polar surface area (TPSA) is 49.5 Å². The predicted molar refractivity (Wildman–Crippen MR) is 60.5 cm³/mol. The number of anilines is 2. The lowest BCUT2D eigenvalue weighted by Crippen LogP contribution is -2.32. The van der Waals surface area contributed by atoms with Gasteiger partial charge >= 0.3 is 0 Å². The van der Waals surface area contributed by atoms with Crippen molar-refractivity contribution in [3.05, 3.63) is 23.8 Å². The molecule has 0 bridgehead atoms. The van der Waals surface area contributed by atoms with Crippen molar-refractivity contribution in [1.82, 2.24) is 0 Å².